The third-order valence-electron chi connectivity index (χ3n) is 6.53. The first-order valence-electron chi connectivity index (χ1n) is 11.7. The molecule has 32 heavy (non-hydrogen) atoms. The first kappa shape index (κ1) is 23.1. The van der Waals surface area contributed by atoms with Crippen LogP contribution >= 0.6 is 23.8 Å². The number of rotatable bonds is 5. The number of aromatic nitrogens is 2. The number of hydrogen-bond donors (Lipinski definition) is 2. The van der Waals surface area contributed by atoms with Crippen LogP contribution in [0.5, 0.6) is 0 Å². The van der Waals surface area contributed by atoms with E-state index in [9.17, 15) is 0 Å². The lowest BCUT2D eigenvalue weighted by Gasteiger charge is -2.36. The summed E-state index contributed by atoms with van der Waals surface area (Å²) in [7, 11) is 0. The second-order valence-corrected chi connectivity index (χ2v) is 9.83. The highest BCUT2D eigenvalue weighted by molar-refractivity contribution is 7.80. The van der Waals surface area contributed by atoms with Crippen LogP contribution in [0.2, 0.25) is 5.02 Å². The Kier molecular flexibility index (Phi) is 7.68. The minimum atomic E-state index is 0.478. The summed E-state index contributed by atoms with van der Waals surface area (Å²) < 4.78 is 0. The van der Waals surface area contributed by atoms with Crippen LogP contribution in [0.25, 0.3) is 0 Å². The Morgan fingerprint density at radius 1 is 1.06 bits per heavy atom. The van der Waals surface area contributed by atoms with Crippen LogP contribution in [0.15, 0.2) is 30.3 Å². The molecule has 2 fully saturated rings. The van der Waals surface area contributed by atoms with Crippen molar-refractivity contribution < 1.29 is 0 Å². The maximum atomic E-state index is 6.27. The van der Waals surface area contributed by atoms with Crippen molar-refractivity contribution in [3.05, 3.63) is 40.9 Å². The molecule has 6 nitrogen and oxygen atoms in total. The largest absolute Gasteiger partial charge is 0.358 e. The van der Waals surface area contributed by atoms with E-state index in [1.165, 1.54) is 32.1 Å². The molecule has 3 heterocycles. The van der Waals surface area contributed by atoms with Crippen LogP contribution in [-0.4, -0.2) is 40.8 Å². The summed E-state index contributed by atoms with van der Waals surface area (Å²) in [5.41, 5.74) is 0.998. The van der Waals surface area contributed by atoms with Crippen molar-refractivity contribution in [2.75, 3.05) is 34.8 Å². The fourth-order valence-electron chi connectivity index (χ4n) is 4.43. The molecule has 0 amide bonds. The highest BCUT2D eigenvalue weighted by atomic mass is 35.5. The fourth-order valence-corrected chi connectivity index (χ4v) is 4.79. The highest BCUT2D eigenvalue weighted by Gasteiger charge is 2.24. The van der Waals surface area contributed by atoms with Gasteiger partial charge in [0.2, 0.25) is 5.95 Å². The van der Waals surface area contributed by atoms with Crippen LogP contribution in [0, 0.1) is 5.92 Å². The Morgan fingerprint density at radius 2 is 1.81 bits per heavy atom. The topological polar surface area (TPSA) is 56.3 Å². The minimum Gasteiger partial charge on any atom is -0.358 e. The van der Waals surface area contributed by atoms with E-state index in [0.717, 1.165) is 47.8 Å². The van der Waals surface area contributed by atoms with Gasteiger partial charge in [-0.25, -0.2) is 0 Å². The number of piperidine rings is 2. The van der Waals surface area contributed by atoms with Gasteiger partial charge in [-0.15, -0.1) is 0 Å². The molecule has 2 N–H and O–H groups in total. The first-order valence-corrected chi connectivity index (χ1v) is 12.5. The molecular formula is C24H33ClN6S. The van der Waals surface area contributed by atoms with Crippen molar-refractivity contribution in [1.82, 2.24) is 15.3 Å². The van der Waals surface area contributed by atoms with Gasteiger partial charge in [0.05, 0.1) is 0 Å². The quantitative estimate of drug-likeness (QED) is 0.577. The van der Waals surface area contributed by atoms with Crippen molar-refractivity contribution >= 4 is 46.5 Å². The molecule has 2 aliphatic heterocycles. The van der Waals surface area contributed by atoms with Crippen LogP contribution in [0.1, 0.15) is 51.5 Å². The molecule has 0 aliphatic carbocycles. The lowest BCUT2D eigenvalue weighted by molar-refractivity contribution is 0.436. The number of benzene rings is 1. The summed E-state index contributed by atoms with van der Waals surface area (Å²) in [5, 5.41) is 7.66. The predicted molar refractivity (Wildman–Crippen MR) is 138 cm³/mol. The number of anilines is 3. The third kappa shape index (κ3) is 5.81. The van der Waals surface area contributed by atoms with Gasteiger partial charge in [0.15, 0.2) is 5.11 Å². The van der Waals surface area contributed by atoms with E-state index in [2.05, 4.69) is 40.3 Å². The van der Waals surface area contributed by atoms with E-state index in [1.807, 2.05) is 24.3 Å². The van der Waals surface area contributed by atoms with E-state index < -0.39 is 0 Å². The fraction of sp³-hybridized carbons (Fsp3) is 0.542. The summed E-state index contributed by atoms with van der Waals surface area (Å²) in [6.45, 7) is 8.25. The van der Waals surface area contributed by atoms with Gasteiger partial charge in [-0.1, -0.05) is 36.7 Å². The molecule has 2 saturated heterocycles. The van der Waals surface area contributed by atoms with E-state index in [4.69, 9.17) is 33.8 Å². The van der Waals surface area contributed by atoms with Crippen molar-refractivity contribution in [1.29, 1.82) is 0 Å². The van der Waals surface area contributed by atoms with Crippen LogP contribution < -0.4 is 20.4 Å². The number of halogens is 1. The molecule has 1 aromatic carbocycles. The van der Waals surface area contributed by atoms with Gasteiger partial charge >= 0.3 is 0 Å². The molecule has 0 radical (unpaired) electrons. The second-order valence-electron chi connectivity index (χ2n) is 9.01. The second kappa shape index (κ2) is 10.7. The Hall–Kier alpha value is -2.12. The van der Waals surface area contributed by atoms with Gasteiger partial charge in [0.1, 0.15) is 11.6 Å². The first-order chi connectivity index (χ1) is 15.5. The molecule has 0 unspecified atom stereocenters. The zero-order valence-electron chi connectivity index (χ0n) is 19.0. The van der Waals surface area contributed by atoms with Gasteiger partial charge in [-0.3, -0.25) is 0 Å². The van der Waals surface area contributed by atoms with E-state index in [1.54, 1.807) is 0 Å². The van der Waals surface area contributed by atoms with Gasteiger partial charge < -0.3 is 20.4 Å². The zero-order valence-corrected chi connectivity index (χ0v) is 20.6. The van der Waals surface area contributed by atoms with Gasteiger partial charge in [-0.05, 0) is 68.8 Å². The Labute approximate surface area is 201 Å². The standard InChI is InChI=1S/C24H33ClN6S/c1-17-10-13-30(14-11-17)21-15-22(31-12-6-5-7-18(31)2)28-23(27-21)29-24(32)26-16-19-8-3-4-9-20(19)25/h3-4,8-9,15,17-18H,5-7,10-14,16H2,1-2H3,(H2,26,27,28,29,32)/t18-/m1/s1. The lowest BCUT2D eigenvalue weighted by atomic mass is 9.99. The maximum absolute atomic E-state index is 6.27. The molecule has 1 atom stereocenters. The number of nitrogens with one attached hydrogen (secondary N) is 2. The highest BCUT2D eigenvalue weighted by Crippen LogP contribution is 2.29. The van der Waals surface area contributed by atoms with Crippen LogP contribution in [-0.2, 0) is 6.54 Å². The average Bonchev–Trinajstić information content (AvgIpc) is 2.79. The van der Waals surface area contributed by atoms with E-state index >= 15 is 0 Å². The van der Waals surface area contributed by atoms with Gasteiger partial charge in [-0.2, -0.15) is 9.97 Å². The molecule has 8 heteroatoms. The van der Waals surface area contributed by atoms with Gasteiger partial charge in [0.25, 0.3) is 0 Å². The SMILES string of the molecule is CC1CCN(c2cc(N3CCCC[C@H]3C)nc(NC(=S)NCc3ccccc3Cl)n2)CC1. The van der Waals surface area contributed by atoms with Crippen molar-refractivity contribution in [3.63, 3.8) is 0 Å². The van der Waals surface area contributed by atoms with Crippen molar-refractivity contribution in [2.45, 2.75) is 58.5 Å². The van der Waals surface area contributed by atoms with E-state index in [-0.39, 0.29) is 0 Å². The molecule has 2 aliphatic rings. The predicted octanol–water partition coefficient (Wildman–Crippen LogP) is 5.23. The summed E-state index contributed by atoms with van der Waals surface area (Å²) in [6, 6.07) is 10.4. The summed E-state index contributed by atoms with van der Waals surface area (Å²) >= 11 is 11.8. The molecule has 0 saturated carbocycles. The average molecular weight is 473 g/mol. The molecule has 1 aromatic heterocycles. The van der Waals surface area contributed by atoms with Crippen LogP contribution in [0.3, 0.4) is 0 Å². The maximum Gasteiger partial charge on any atom is 0.232 e. The molecular weight excluding hydrogens is 440 g/mol. The normalized spacial score (nSPS) is 19.7. The summed E-state index contributed by atoms with van der Waals surface area (Å²) in [5.74, 6) is 3.28. The molecule has 172 valence electrons. The molecule has 0 bridgehead atoms. The number of thiocarbonyl (C=S) groups is 1. The summed E-state index contributed by atoms with van der Waals surface area (Å²) in [6.07, 6.45) is 6.06. The third-order valence-corrected chi connectivity index (χ3v) is 7.14. The number of nitrogens with zero attached hydrogens (tertiary/aromatic N) is 4. The Bertz CT molecular complexity index is 930. The van der Waals surface area contributed by atoms with Gasteiger partial charge in [0, 0.05) is 43.3 Å². The zero-order chi connectivity index (χ0) is 22.5. The Morgan fingerprint density at radius 3 is 2.56 bits per heavy atom. The molecule has 4 rings (SSSR count). The van der Waals surface area contributed by atoms with Crippen molar-refractivity contribution in [3.8, 4) is 0 Å². The Balaban J connectivity index is 1.51. The monoisotopic (exact) mass is 472 g/mol. The number of hydrogen-bond acceptors (Lipinski definition) is 5. The molecule has 2 aromatic rings. The van der Waals surface area contributed by atoms with Crippen LogP contribution in [0.4, 0.5) is 17.6 Å². The summed E-state index contributed by atoms with van der Waals surface area (Å²) in [4.78, 5) is 14.5. The molecule has 0 spiro atoms. The van der Waals surface area contributed by atoms with Crippen molar-refractivity contribution in [2.24, 2.45) is 5.92 Å². The van der Waals surface area contributed by atoms with E-state index in [0.29, 0.717) is 23.6 Å². The lowest BCUT2D eigenvalue weighted by Crippen LogP contribution is -2.39. The minimum absolute atomic E-state index is 0.478. The smallest absolute Gasteiger partial charge is 0.232 e.